The van der Waals surface area contributed by atoms with Gasteiger partial charge in [-0.05, 0) is 31.0 Å². The summed E-state index contributed by atoms with van der Waals surface area (Å²) < 4.78 is 0. The molecule has 0 atom stereocenters. The van der Waals surface area contributed by atoms with Crippen molar-refractivity contribution in [2.75, 3.05) is 5.32 Å². The summed E-state index contributed by atoms with van der Waals surface area (Å²) in [5.41, 5.74) is 2.02. The number of carbonyl (C=O) groups is 1. The first-order valence-electron chi connectivity index (χ1n) is 4.52. The predicted octanol–water partition coefficient (Wildman–Crippen LogP) is 1.86. The summed E-state index contributed by atoms with van der Waals surface area (Å²) in [5.74, 6) is -0.364. The van der Waals surface area contributed by atoms with Crippen molar-refractivity contribution in [3.05, 3.63) is 23.3 Å². The van der Waals surface area contributed by atoms with Crippen LogP contribution in [0.4, 0.5) is 5.69 Å². The zero-order valence-electron chi connectivity index (χ0n) is 8.66. The first kappa shape index (κ1) is 11.1. The third-order valence-corrected chi connectivity index (χ3v) is 2.22. The molecule has 0 saturated carbocycles. The predicted molar refractivity (Wildman–Crippen MR) is 56.4 cm³/mol. The third kappa shape index (κ3) is 2.47. The van der Waals surface area contributed by atoms with E-state index in [1.54, 1.807) is 25.1 Å². The Labute approximate surface area is 88.2 Å². The summed E-state index contributed by atoms with van der Waals surface area (Å²) >= 11 is 0. The summed E-state index contributed by atoms with van der Waals surface area (Å²) in [4.78, 5) is 11.1. The van der Waals surface area contributed by atoms with E-state index in [4.69, 9.17) is 5.26 Å². The molecule has 1 rings (SSSR count). The molecule has 0 fully saturated rings. The normalized spacial score (nSPS) is 9.40. The Hall–Kier alpha value is -2.02. The Morgan fingerprint density at radius 3 is 2.80 bits per heavy atom. The van der Waals surface area contributed by atoms with Gasteiger partial charge in [-0.1, -0.05) is 6.07 Å². The molecule has 0 spiro atoms. The van der Waals surface area contributed by atoms with Gasteiger partial charge < -0.3 is 10.4 Å². The summed E-state index contributed by atoms with van der Waals surface area (Å²) in [6, 6.07) is 5.16. The van der Waals surface area contributed by atoms with Crippen LogP contribution in [0, 0.1) is 25.2 Å². The van der Waals surface area contributed by atoms with Crippen LogP contribution in [-0.4, -0.2) is 11.0 Å². The highest BCUT2D eigenvalue weighted by Gasteiger charge is 2.09. The monoisotopic (exact) mass is 204 g/mol. The molecule has 1 aromatic carbocycles. The Morgan fingerprint density at radius 2 is 2.20 bits per heavy atom. The van der Waals surface area contributed by atoms with Crippen LogP contribution in [0.1, 0.15) is 17.5 Å². The van der Waals surface area contributed by atoms with Crippen molar-refractivity contribution in [3.8, 4) is 11.8 Å². The fourth-order valence-electron chi connectivity index (χ4n) is 1.17. The quantitative estimate of drug-likeness (QED) is 0.722. The topological polar surface area (TPSA) is 73.1 Å². The fourth-order valence-corrected chi connectivity index (χ4v) is 1.17. The molecule has 0 aliphatic rings. The van der Waals surface area contributed by atoms with Crippen molar-refractivity contribution >= 4 is 11.6 Å². The fraction of sp³-hybridized carbons (Fsp3) is 0.273. The van der Waals surface area contributed by atoms with Gasteiger partial charge in [-0.25, -0.2) is 0 Å². The Bertz CT molecular complexity index is 433. The summed E-state index contributed by atoms with van der Waals surface area (Å²) in [6.07, 6.45) is -0.216. The minimum atomic E-state index is -0.420. The number of amides is 1. The molecule has 1 aromatic rings. The standard InChI is InChI=1S/C11H12N2O2/c1-7-3-4-9(11(15)8(7)2)13-10(14)5-6-12/h3-4,15H,5H2,1-2H3,(H,13,14). The molecule has 0 unspecified atom stereocenters. The Kier molecular flexibility index (Phi) is 3.29. The van der Waals surface area contributed by atoms with Crippen molar-refractivity contribution in [2.45, 2.75) is 20.3 Å². The van der Waals surface area contributed by atoms with E-state index in [0.717, 1.165) is 11.1 Å². The highest BCUT2D eigenvalue weighted by Crippen LogP contribution is 2.29. The number of anilines is 1. The van der Waals surface area contributed by atoms with Gasteiger partial charge in [0.25, 0.3) is 0 Å². The van der Waals surface area contributed by atoms with Gasteiger partial charge >= 0.3 is 0 Å². The molecule has 4 heteroatoms. The van der Waals surface area contributed by atoms with Crippen molar-refractivity contribution in [1.82, 2.24) is 0 Å². The van der Waals surface area contributed by atoms with Crippen molar-refractivity contribution in [1.29, 1.82) is 5.26 Å². The molecule has 4 nitrogen and oxygen atoms in total. The molecule has 0 bridgehead atoms. The summed E-state index contributed by atoms with van der Waals surface area (Å²) in [7, 11) is 0. The number of phenolic OH excluding ortho intramolecular Hbond substituents is 1. The third-order valence-electron chi connectivity index (χ3n) is 2.22. The number of benzene rings is 1. The van der Waals surface area contributed by atoms with Gasteiger partial charge in [0.15, 0.2) is 0 Å². The second-order valence-electron chi connectivity index (χ2n) is 3.29. The average molecular weight is 204 g/mol. The van der Waals surface area contributed by atoms with E-state index in [2.05, 4.69) is 5.32 Å². The number of aromatic hydroxyl groups is 1. The molecule has 2 N–H and O–H groups in total. The molecule has 15 heavy (non-hydrogen) atoms. The van der Waals surface area contributed by atoms with Crippen LogP contribution < -0.4 is 5.32 Å². The van der Waals surface area contributed by atoms with E-state index < -0.39 is 5.91 Å². The molecule has 0 aliphatic heterocycles. The number of phenols is 1. The van der Waals surface area contributed by atoms with Crippen molar-refractivity contribution in [2.24, 2.45) is 0 Å². The van der Waals surface area contributed by atoms with Gasteiger partial charge in [0.05, 0.1) is 11.8 Å². The Balaban J connectivity index is 2.93. The van der Waals surface area contributed by atoms with Crippen LogP contribution in [0.25, 0.3) is 0 Å². The number of hydrogen-bond donors (Lipinski definition) is 2. The van der Waals surface area contributed by atoms with Gasteiger partial charge in [0.1, 0.15) is 12.2 Å². The lowest BCUT2D eigenvalue weighted by molar-refractivity contribution is -0.115. The number of nitriles is 1. The molecule has 0 saturated heterocycles. The molecular weight excluding hydrogens is 192 g/mol. The number of nitrogens with zero attached hydrogens (tertiary/aromatic N) is 1. The van der Waals surface area contributed by atoms with Gasteiger partial charge in [0.2, 0.25) is 5.91 Å². The SMILES string of the molecule is Cc1ccc(NC(=O)CC#N)c(O)c1C. The van der Waals surface area contributed by atoms with E-state index in [1.807, 2.05) is 6.92 Å². The molecule has 0 heterocycles. The van der Waals surface area contributed by atoms with E-state index in [-0.39, 0.29) is 12.2 Å². The maximum Gasteiger partial charge on any atom is 0.238 e. The molecule has 0 aliphatic carbocycles. The van der Waals surface area contributed by atoms with Crippen molar-refractivity contribution < 1.29 is 9.90 Å². The number of hydrogen-bond acceptors (Lipinski definition) is 3. The lowest BCUT2D eigenvalue weighted by Gasteiger charge is -2.09. The lowest BCUT2D eigenvalue weighted by Crippen LogP contribution is -2.10. The Morgan fingerprint density at radius 1 is 1.53 bits per heavy atom. The minimum Gasteiger partial charge on any atom is -0.505 e. The molecule has 0 radical (unpaired) electrons. The highest BCUT2D eigenvalue weighted by atomic mass is 16.3. The molecule has 0 aromatic heterocycles. The lowest BCUT2D eigenvalue weighted by atomic mass is 10.1. The number of aryl methyl sites for hydroxylation is 1. The number of rotatable bonds is 2. The second kappa shape index (κ2) is 4.47. The van der Waals surface area contributed by atoms with E-state index >= 15 is 0 Å². The molecular formula is C11H12N2O2. The summed E-state index contributed by atoms with van der Waals surface area (Å²) in [5, 5.41) is 20.5. The minimum absolute atomic E-state index is 0.0567. The molecule has 1 amide bonds. The zero-order valence-corrected chi connectivity index (χ0v) is 8.66. The smallest absolute Gasteiger partial charge is 0.238 e. The highest BCUT2D eigenvalue weighted by molar-refractivity contribution is 5.93. The van der Waals surface area contributed by atoms with Crippen LogP contribution in [0.15, 0.2) is 12.1 Å². The van der Waals surface area contributed by atoms with E-state index in [0.29, 0.717) is 5.69 Å². The van der Waals surface area contributed by atoms with Crippen LogP contribution in [0.5, 0.6) is 5.75 Å². The number of carbonyl (C=O) groups excluding carboxylic acids is 1. The van der Waals surface area contributed by atoms with Crippen LogP contribution in [0.2, 0.25) is 0 Å². The summed E-state index contributed by atoms with van der Waals surface area (Å²) in [6.45, 7) is 3.64. The molecule has 78 valence electrons. The van der Waals surface area contributed by atoms with Gasteiger partial charge in [-0.2, -0.15) is 5.26 Å². The van der Waals surface area contributed by atoms with Crippen molar-refractivity contribution in [3.63, 3.8) is 0 Å². The van der Waals surface area contributed by atoms with E-state index in [1.165, 1.54) is 0 Å². The van der Waals surface area contributed by atoms with Gasteiger partial charge in [-0.3, -0.25) is 4.79 Å². The largest absolute Gasteiger partial charge is 0.505 e. The van der Waals surface area contributed by atoms with Gasteiger partial charge in [-0.15, -0.1) is 0 Å². The average Bonchev–Trinajstić information content (AvgIpc) is 2.20. The second-order valence-corrected chi connectivity index (χ2v) is 3.29. The maximum absolute atomic E-state index is 11.1. The number of nitrogens with one attached hydrogen (secondary N) is 1. The van der Waals surface area contributed by atoms with Crippen LogP contribution >= 0.6 is 0 Å². The first-order chi connectivity index (χ1) is 7.06. The zero-order chi connectivity index (χ0) is 11.4. The van der Waals surface area contributed by atoms with Crippen LogP contribution in [-0.2, 0) is 4.79 Å². The first-order valence-corrected chi connectivity index (χ1v) is 4.52. The van der Waals surface area contributed by atoms with Gasteiger partial charge in [0, 0.05) is 0 Å². The maximum atomic E-state index is 11.1. The van der Waals surface area contributed by atoms with Crippen LogP contribution in [0.3, 0.4) is 0 Å². The van der Waals surface area contributed by atoms with E-state index in [9.17, 15) is 9.90 Å².